The number of nitrogens with zero attached hydrogens (tertiary/aromatic N) is 3. The minimum absolute atomic E-state index is 0.227. The van der Waals surface area contributed by atoms with Gasteiger partial charge in [-0.05, 0) is 42.7 Å². The van der Waals surface area contributed by atoms with E-state index in [2.05, 4.69) is 52.0 Å². The summed E-state index contributed by atoms with van der Waals surface area (Å²) < 4.78 is 1.97. The lowest BCUT2D eigenvalue weighted by Crippen LogP contribution is -2.35. The maximum absolute atomic E-state index is 12.4. The summed E-state index contributed by atoms with van der Waals surface area (Å²) in [7, 11) is 0. The van der Waals surface area contributed by atoms with E-state index in [-0.39, 0.29) is 12.6 Å². The summed E-state index contributed by atoms with van der Waals surface area (Å²) in [6.45, 7) is 4.78. The van der Waals surface area contributed by atoms with Gasteiger partial charge >= 0.3 is 6.03 Å². The van der Waals surface area contributed by atoms with E-state index in [0.29, 0.717) is 17.4 Å². The van der Waals surface area contributed by atoms with E-state index >= 15 is 0 Å². The molecule has 1 heterocycles. The number of rotatable bonds is 8. The molecule has 8 heteroatoms. The Kier molecular flexibility index (Phi) is 7.87. The van der Waals surface area contributed by atoms with E-state index in [0.717, 1.165) is 27.7 Å². The van der Waals surface area contributed by atoms with Crippen LogP contribution in [0.1, 0.15) is 28.1 Å². The Balaban J connectivity index is 1.52. The molecule has 0 atom stereocenters. The van der Waals surface area contributed by atoms with Crippen molar-refractivity contribution in [1.82, 2.24) is 25.4 Å². The van der Waals surface area contributed by atoms with Crippen LogP contribution in [0.5, 0.6) is 0 Å². The van der Waals surface area contributed by atoms with Gasteiger partial charge in [0.15, 0.2) is 11.0 Å². The van der Waals surface area contributed by atoms with Gasteiger partial charge in [-0.25, -0.2) is 4.79 Å². The summed E-state index contributed by atoms with van der Waals surface area (Å²) >= 11 is 7.91. The first-order valence-electron chi connectivity index (χ1n) is 10.9. The summed E-state index contributed by atoms with van der Waals surface area (Å²) in [5.74, 6) is 1.39. The molecule has 0 spiro atoms. The van der Waals surface area contributed by atoms with E-state index in [1.165, 1.54) is 11.1 Å². The molecule has 0 saturated carbocycles. The molecular weight excluding hydrogens is 466 g/mol. The van der Waals surface area contributed by atoms with E-state index < -0.39 is 0 Å². The van der Waals surface area contributed by atoms with Gasteiger partial charge in [0.2, 0.25) is 0 Å². The van der Waals surface area contributed by atoms with Gasteiger partial charge < -0.3 is 10.6 Å². The van der Waals surface area contributed by atoms with Gasteiger partial charge in [0.25, 0.3) is 0 Å². The van der Waals surface area contributed by atoms with Crippen LogP contribution in [0.3, 0.4) is 0 Å². The van der Waals surface area contributed by atoms with Crippen molar-refractivity contribution in [2.45, 2.75) is 37.8 Å². The molecule has 3 aromatic carbocycles. The Morgan fingerprint density at radius 3 is 2.47 bits per heavy atom. The predicted octanol–water partition coefficient (Wildman–Crippen LogP) is 5.83. The molecule has 0 aliphatic heterocycles. The molecule has 2 N–H and O–H groups in total. The fraction of sp³-hybridized carbons (Fsp3) is 0.192. The maximum Gasteiger partial charge on any atom is 0.315 e. The fourth-order valence-corrected chi connectivity index (χ4v) is 4.60. The van der Waals surface area contributed by atoms with Crippen molar-refractivity contribution >= 4 is 29.4 Å². The van der Waals surface area contributed by atoms with Crippen molar-refractivity contribution in [3.05, 3.63) is 106 Å². The highest BCUT2D eigenvalue weighted by Gasteiger charge is 2.17. The SMILES string of the molecule is Cc1cccc(CSc2nnc(CNC(=O)NCc3ccccc3)n2-c2cc(Cl)ccc2C)c1. The Hall–Kier alpha value is -3.29. The average Bonchev–Trinajstić information content (AvgIpc) is 3.25. The van der Waals surface area contributed by atoms with Crippen LogP contribution in [-0.2, 0) is 18.8 Å². The molecule has 0 radical (unpaired) electrons. The van der Waals surface area contributed by atoms with Crippen LogP contribution < -0.4 is 10.6 Å². The summed E-state index contributed by atoms with van der Waals surface area (Å²) in [4.78, 5) is 12.4. The summed E-state index contributed by atoms with van der Waals surface area (Å²) in [6.07, 6.45) is 0. The lowest BCUT2D eigenvalue weighted by molar-refractivity contribution is 0.240. The van der Waals surface area contributed by atoms with Crippen LogP contribution in [0, 0.1) is 13.8 Å². The number of carbonyl (C=O) groups excluding carboxylic acids is 1. The summed E-state index contributed by atoms with van der Waals surface area (Å²) in [5, 5.41) is 16.0. The van der Waals surface area contributed by atoms with Gasteiger partial charge in [-0.2, -0.15) is 0 Å². The van der Waals surface area contributed by atoms with Crippen molar-refractivity contribution in [2.24, 2.45) is 0 Å². The molecule has 34 heavy (non-hydrogen) atoms. The largest absolute Gasteiger partial charge is 0.334 e. The van der Waals surface area contributed by atoms with Gasteiger partial charge in [0.1, 0.15) is 0 Å². The number of thioether (sulfide) groups is 1. The molecule has 174 valence electrons. The fourth-order valence-electron chi connectivity index (χ4n) is 3.52. The quantitative estimate of drug-likeness (QED) is 0.304. The molecule has 1 aromatic heterocycles. The second-order valence-corrected chi connectivity index (χ2v) is 9.34. The van der Waals surface area contributed by atoms with Crippen molar-refractivity contribution in [3.8, 4) is 5.69 Å². The zero-order chi connectivity index (χ0) is 23.9. The van der Waals surface area contributed by atoms with Crippen molar-refractivity contribution in [2.75, 3.05) is 0 Å². The molecule has 2 amide bonds. The normalized spacial score (nSPS) is 10.8. The number of hydrogen-bond donors (Lipinski definition) is 2. The predicted molar refractivity (Wildman–Crippen MR) is 137 cm³/mol. The third kappa shape index (κ3) is 6.18. The molecular formula is C26H26ClN5OS. The second-order valence-electron chi connectivity index (χ2n) is 7.96. The minimum atomic E-state index is -0.268. The average molecular weight is 492 g/mol. The van der Waals surface area contributed by atoms with Crippen molar-refractivity contribution in [3.63, 3.8) is 0 Å². The summed E-state index contributed by atoms with van der Waals surface area (Å²) in [5.41, 5.74) is 5.39. The first kappa shape index (κ1) is 23.9. The molecule has 4 rings (SSSR count). The zero-order valence-electron chi connectivity index (χ0n) is 19.1. The molecule has 0 aliphatic rings. The number of halogens is 1. The van der Waals surface area contributed by atoms with Crippen molar-refractivity contribution < 1.29 is 4.79 Å². The first-order chi connectivity index (χ1) is 16.5. The number of hydrogen-bond acceptors (Lipinski definition) is 4. The Morgan fingerprint density at radius 1 is 0.912 bits per heavy atom. The number of carbonyl (C=O) groups is 1. The Labute approximate surface area is 208 Å². The number of aromatic nitrogens is 3. The van der Waals surface area contributed by atoms with Gasteiger partial charge in [0.05, 0.1) is 12.2 Å². The topological polar surface area (TPSA) is 71.8 Å². The number of nitrogens with one attached hydrogen (secondary N) is 2. The molecule has 0 bridgehead atoms. The molecule has 0 unspecified atom stereocenters. The maximum atomic E-state index is 12.4. The molecule has 0 aliphatic carbocycles. The number of aryl methyl sites for hydroxylation is 2. The van der Waals surface area contributed by atoms with Crippen LogP contribution in [0.2, 0.25) is 5.02 Å². The van der Waals surface area contributed by atoms with Gasteiger partial charge in [-0.1, -0.05) is 89.6 Å². The van der Waals surface area contributed by atoms with Crippen LogP contribution in [0.4, 0.5) is 4.79 Å². The molecule has 6 nitrogen and oxygen atoms in total. The van der Waals surface area contributed by atoms with Crippen LogP contribution in [-0.4, -0.2) is 20.8 Å². The first-order valence-corrected chi connectivity index (χ1v) is 12.3. The number of amides is 2. The minimum Gasteiger partial charge on any atom is -0.334 e. The van der Waals surface area contributed by atoms with Crippen LogP contribution >= 0.6 is 23.4 Å². The molecule has 0 saturated heterocycles. The van der Waals surface area contributed by atoms with Gasteiger partial charge in [0, 0.05) is 17.3 Å². The standard InChI is InChI=1S/C26H26ClN5OS/c1-18-7-6-10-21(13-18)17-34-26-31-30-24(32(26)23-14-22(27)12-11-19(23)2)16-29-25(33)28-15-20-8-4-3-5-9-20/h3-14H,15-17H2,1-2H3,(H2,28,29,33). The molecule has 0 fully saturated rings. The third-order valence-corrected chi connectivity index (χ3v) is 6.50. The Morgan fingerprint density at radius 2 is 1.68 bits per heavy atom. The zero-order valence-corrected chi connectivity index (χ0v) is 20.7. The number of benzene rings is 3. The Bertz CT molecular complexity index is 1280. The lowest BCUT2D eigenvalue weighted by Gasteiger charge is -2.14. The van der Waals surface area contributed by atoms with Gasteiger partial charge in [-0.15, -0.1) is 10.2 Å². The molecule has 4 aromatic rings. The van der Waals surface area contributed by atoms with Gasteiger partial charge in [-0.3, -0.25) is 4.57 Å². The van der Waals surface area contributed by atoms with Crippen LogP contribution in [0.15, 0.2) is 78.0 Å². The number of urea groups is 1. The highest BCUT2D eigenvalue weighted by molar-refractivity contribution is 7.98. The lowest BCUT2D eigenvalue weighted by atomic mass is 10.2. The third-order valence-electron chi connectivity index (χ3n) is 5.27. The van der Waals surface area contributed by atoms with E-state index in [9.17, 15) is 4.79 Å². The highest BCUT2D eigenvalue weighted by atomic mass is 35.5. The monoisotopic (exact) mass is 491 g/mol. The van der Waals surface area contributed by atoms with E-state index in [4.69, 9.17) is 11.6 Å². The van der Waals surface area contributed by atoms with Crippen LogP contribution in [0.25, 0.3) is 5.69 Å². The van der Waals surface area contributed by atoms with E-state index in [1.807, 2.05) is 60.0 Å². The summed E-state index contributed by atoms with van der Waals surface area (Å²) in [6, 6.07) is 23.6. The second kappa shape index (κ2) is 11.2. The van der Waals surface area contributed by atoms with Crippen molar-refractivity contribution in [1.29, 1.82) is 0 Å². The smallest absolute Gasteiger partial charge is 0.315 e. The van der Waals surface area contributed by atoms with E-state index in [1.54, 1.807) is 11.8 Å². The highest BCUT2D eigenvalue weighted by Crippen LogP contribution is 2.28.